The number of hydrogen-bond donors (Lipinski definition) is 1. The number of aromatic nitrogens is 1. The summed E-state index contributed by atoms with van der Waals surface area (Å²) in [7, 11) is 5.76. The van der Waals surface area contributed by atoms with Crippen molar-refractivity contribution in [2.45, 2.75) is 51.1 Å². The van der Waals surface area contributed by atoms with Gasteiger partial charge in [0.15, 0.2) is 5.78 Å². The number of amides is 2. The zero-order chi connectivity index (χ0) is 22.4. The standard InChI is InChI=1S/C24H37N5O2/c1-5-11-29-17-21(13-18-15-23(30)19(14-22(18)29)16-27(2)3)26-24(31)28(4)12-9-20-8-6-7-10-25-20/h6-8,10,16,18,21-22H,5,9,11-15,17H2,1-4H3,(H,26,31)/t18-,21+,22-/m1/s1. The van der Waals surface area contributed by atoms with Crippen LogP contribution in [0.5, 0.6) is 0 Å². The van der Waals surface area contributed by atoms with E-state index >= 15 is 0 Å². The molecule has 1 saturated heterocycles. The van der Waals surface area contributed by atoms with Crippen molar-refractivity contribution in [2.24, 2.45) is 5.92 Å². The Morgan fingerprint density at radius 3 is 2.77 bits per heavy atom. The highest BCUT2D eigenvalue weighted by Gasteiger charge is 2.41. The maximum Gasteiger partial charge on any atom is 0.317 e. The van der Waals surface area contributed by atoms with Crippen molar-refractivity contribution in [2.75, 3.05) is 40.8 Å². The lowest BCUT2D eigenvalue weighted by Crippen LogP contribution is -2.58. The van der Waals surface area contributed by atoms with Crippen LogP contribution >= 0.6 is 0 Å². The third-order valence-corrected chi connectivity index (χ3v) is 6.32. The molecular formula is C24H37N5O2. The fraction of sp³-hybridized carbons (Fsp3) is 0.625. The van der Waals surface area contributed by atoms with Crippen molar-refractivity contribution >= 4 is 11.8 Å². The van der Waals surface area contributed by atoms with Gasteiger partial charge in [-0.15, -0.1) is 0 Å². The quantitative estimate of drug-likeness (QED) is 0.678. The third kappa shape index (κ3) is 6.29. The van der Waals surface area contributed by atoms with Crippen molar-refractivity contribution in [1.82, 2.24) is 25.0 Å². The molecular weight excluding hydrogens is 390 g/mol. The molecule has 0 radical (unpaired) electrons. The highest BCUT2D eigenvalue weighted by Crippen LogP contribution is 2.36. The third-order valence-electron chi connectivity index (χ3n) is 6.32. The molecule has 0 aromatic carbocycles. The summed E-state index contributed by atoms with van der Waals surface area (Å²) in [6.07, 6.45) is 7.81. The van der Waals surface area contributed by atoms with Crippen LogP contribution in [0.3, 0.4) is 0 Å². The summed E-state index contributed by atoms with van der Waals surface area (Å²) < 4.78 is 0. The molecule has 31 heavy (non-hydrogen) atoms. The van der Waals surface area contributed by atoms with Crippen LogP contribution in [0.2, 0.25) is 0 Å². The van der Waals surface area contributed by atoms with Gasteiger partial charge in [0.05, 0.1) is 0 Å². The molecule has 2 aliphatic rings. The van der Waals surface area contributed by atoms with E-state index in [1.807, 2.05) is 50.4 Å². The van der Waals surface area contributed by atoms with Gasteiger partial charge in [0.2, 0.25) is 0 Å². The second-order valence-corrected chi connectivity index (χ2v) is 9.15. The molecule has 2 amide bonds. The molecule has 3 atom stereocenters. The van der Waals surface area contributed by atoms with Gasteiger partial charge in [-0.05, 0) is 43.9 Å². The lowest BCUT2D eigenvalue weighted by molar-refractivity contribution is -0.119. The van der Waals surface area contributed by atoms with Crippen LogP contribution in [0, 0.1) is 5.92 Å². The summed E-state index contributed by atoms with van der Waals surface area (Å²) in [4.78, 5) is 36.0. The number of rotatable bonds is 7. The van der Waals surface area contributed by atoms with E-state index < -0.39 is 0 Å². The Balaban J connectivity index is 1.59. The molecule has 1 aromatic heterocycles. The van der Waals surface area contributed by atoms with E-state index in [4.69, 9.17) is 0 Å². The number of Topliss-reactive ketones (excluding diaryl/α,β-unsaturated/α-hetero) is 1. The smallest absolute Gasteiger partial charge is 0.317 e. The molecule has 1 aliphatic carbocycles. The summed E-state index contributed by atoms with van der Waals surface area (Å²) in [5.41, 5.74) is 1.92. The molecule has 1 aromatic rings. The summed E-state index contributed by atoms with van der Waals surface area (Å²) in [6.45, 7) is 4.65. The van der Waals surface area contributed by atoms with Gasteiger partial charge in [-0.1, -0.05) is 13.0 Å². The average Bonchev–Trinajstić information content (AvgIpc) is 2.73. The van der Waals surface area contributed by atoms with Gasteiger partial charge in [0.25, 0.3) is 0 Å². The zero-order valence-electron chi connectivity index (χ0n) is 19.4. The minimum atomic E-state index is -0.0499. The van der Waals surface area contributed by atoms with Crippen LogP contribution in [0.4, 0.5) is 4.79 Å². The van der Waals surface area contributed by atoms with Crippen molar-refractivity contribution < 1.29 is 9.59 Å². The largest absolute Gasteiger partial charge is 0.383 e. The maximum atomic E-state index is 12.8. The summed E-state index contributed by atoms with van der Waals surface area (Å²) in [6, 6.07) is 6.26. The second-order valence-electron chi connectivity index (χ2n) is 9.15. The van der Waals surface area contributed by atoms with Crippen molar-refractivity contribution in [1.29, 1.82) is 0 Å². The Morgan fingerprint density at radius 2 is 2.10 bits per heavy atom. The maximum absolute atomic E-state index is 12.8. The SMILES string of the molecule is CCCN1C[C@@H](NC(=O)N(C)CCc2ccccn2)C[C@@H]2CC(=O)C(=CN(C)C)C[C@H]21. The molecule has 0 bridgehead atoms. The second kappa shape index (κ2) is 10.8. The summed E-state index contributed by atoms with van der Waals surface area (Å²) >= 11 is 0. The Bertz CT molecular complexity index is 779. The number of nitrogens with zero attached hydrogens (tertiary/aromatic N) is 4. The van der Waals surface area contributed by atoms with Gasteiger partial charge in [-0.25, -0.2) is 4.79 Å². The number of pyridine rings is 1. The fourth-order valence-electron chi connectivity index (χ4n) is 4.84. The van der Waals surface area contributed by atoms with Crippen LogP contribution in [0.25, 0.3) is 0 Å². The number of likely N-dealkylation sites (N-methyl/N-ethyl adjacent to an activating group) is 1. The van der Waals surface area contributed by atoms with Gasteiger partial charge in [0, 0.05) is 82.8 Å². The number of urea groups is 1. The van der Waals surface area contributed by atoms with Crippen LogP contribution in [-0.4, -0.2) is 84.4 Å². The molecule has 2 fully saturated rings. The Morgan fingerprint density at radius 1 is 1.29 bits per heavy atom. The first-order valence-electron chi connectivity index (χ1n) is 11.4. The first kappa shape index (κ1) is 23.3. The van der Waals surface area contributed by atoms with Gasteiger partial charge in [0.1, 0.15) is 0 Å². The normalized spacial score (nSPS) is 25.2. The number of piperidine rings is 1. The molecule has 3 rings (SSSR count). The van der Waals surface area contributed by atoms with Gasteiger partial charge in [-0.3, -0.25) is 14.7 Å². The Labute approximate surface area is 186 Å². The number of fused-ring (bicyclic) bond motifs is 1. The Hall–Kier alpha value is -2.41. The van der Waals surface area contributed by atoms with E-state index in [9.17, 15) is 9.59 Å². The molecule has 0 unspecified atom stereocenters. The number of likely N-dealkylation sites (tertiary alicyclic amines) is 1. The lowest BCUT2D eigenvalue weighted by Gasteiger charge is -2.47. The first-order valence-corrected chi connectivity index (χ1v) is 11.4. The van der Waals surface area contributed by atoms with Crippen molar-refractivity contribution in [3.8, 4) is 0 Å². The molecule has 170 valence electrons. The van der Waals surface area contributed by atoms with Gasteiger partial charge < -0.3 is 15.1 Å². The molecule has 1 aliphatic heterocycles. The van der Waals surface area contributed by atoms with Crippen LogP contribution in [0.1, 0.15) is 38.3 Å². The number of carbonyl (C=O) groups excluding carboxylic acids is 2. The van der Waals surface area contributed by atoms with Gasteiger partial charge in [-0.2, -0.15) is 0 Å². The topological polar surface area (TPSA) is 68.8 Å². The highest BCUT2D eigenvalue weighted by molar-refractivity contribution is 5.96. The monoisotopic (exact) mass is 427 g/mol. The van der Waals surface area contributed by atoms with E-state index in [2.05, 4.69) is 22.1 Å². The van der Waals surface area contributed by atoms with E-state index in [-0.39, 0.29) is 17.9 Å². The number of ketones is 1. The summed E-state index contributed by atoms with van der Waals surface area (Å²) in [5.74, 6) is 0.557. The van der Waals surface area contributed by atoms with E-state index in [0.717, 1.165) is 50.0 Å². The van der Waals surface area contributed by atoms with Gasteiger partial charge >= 0.3 is 6.03 Å². The molecule has 1 N–H and O–H groups in total. The number of carbonyl (C=O) groups is 2. The summed E-state index contributed by atoms with van der Waals surface area (Å²) in [5, 5.41) is 3.23. The first-order chi connectivity index (χ1) is 14.9. The molecule has 7 heteroatoms. The predicted molar refractivity (Wildman–Crippen MR) is 123 cm³/mol. The molecule has 7 nitrogen and oxygen atoms in total. The average molecular weight is 428 g/mol. The van der Waals surface area contributed by atoms with E-state index in [0.29, 0.717) is 24.9 Å². The van der Waals surface area contributed by atoms with Crippen molar-refractivity contribution in [3.05, 3.63) is 41.9 Å². The van der Waals surface area contributed by atoms with Crippen LogP contribution < -0.4 is 5.32 Å². The Kier molecular flexibility index (Phi) is 8.07. The fourth-order valence-corrected chi connectivity index (χ4v) is 4.84. The highest BCUT2D eigenvalue weighted by atomic mass is 16.2. The van der Waals surface area contributed by atoms with Crippen LogP contribution in [-0.2, 0) is 11.2 Å². The lowest BCUT2D eigenvalue weighted by atomic mass is 9.74. The minimum Gasteiger partial charge on any atom is -0.383 e. The van der Waals surface area contributed by atoms with E-state index in [1.54, 1.807) is 11.1 Å². The minimum absolute atomic E-state index is 0.0499. The predicted octanol–water partition coefficient (Wildman–Crippen LogP) is 2.54. The number of hydrogen-bond acceptors (Lipinski definition) is 5. The zero-order valence-corrected chi connectivity index (χ0v) is 19.4. The molecule has 2 heterocycles. The number of nitrogens with one attached hydrogen (secondary N) is 1. The molecule has 1 saturated carbocycles. The van der Waals surface area contributed by atoms with E-state index in [1.165, 1.54) is 0 Å². The molecule has 0 spiro atoms. The van der Waals surface area contributed by atoms with Crippen molar-refractivity contribution in [3.63, 3.8) is 0 Å². The van der Waals surface area contributed by atoms with Crippen LogP contribution in [0.15, 0.2) is 36.2 Å².